The summed E-state index contributed by atoms with van der Waals surface area (Å²) in [4.78, 5) is 26.8. The molecular weight excluding hydrogens is 426 g/mol. The number of benzene rings is 1. The second-order valence-electron chi connectivity index (χ2n) is 7.82. The number of hydrogen-bond donors (Lipinski definition) is 1. The molecule has 2 aliphatic rings. The molecule has 2 aromatic heterocycles. The number of carbonyl (C=O) groups excluding carboxylic acids is 1. The van der Waals surface area contributed by atoms with Gasteiger partial charge in [0.1, 0.15) is 12.1 Å². The lowest BCUT2D eigenvalue weighted by Crippen LogP contribution is -2.45. The minimum atomic E-state index is -4.61. The maximum atomic E-state index is 13.7. The first kappa shape index (κ1) is 20.3. The first-order valence-corrected chi connectivity index (χ1v) is 10.0. The molecule has 0 aliphatic carbocycles. The Morgan fingerprint density at radius 3 is 2.66 bits per heavy atom. The zero-order chi connectivity index (χ0) is 22.5. The summed E-state index contributed by atoms with van der Waals surface area (Å²) in [6, 6.07) is 6.01. The third kappa shape index (κ3) is 3.65. The summed E-state index contributed by atoms with van der Waals surface area (Å²) in [5.74, 6) is -1.11. The van der Waals surface area contributed by atoms with Gasteiger partial charge in [0.25, 0.3) is 5.91 Å². The molecule has 0 radical (unpaired) electrons. The molecule has 5 rings (SSSR count). The van der Waals surface area contributed by atoms with Crippen molar-refractivity contribution in [1.82, 2.24) is 20.3 Å². The number of amides is 1. The molecule has 1 amide bonds. The van der Waals surface area contributed by atoms with E-state index < -0.39 is 17.6 Å². The summed E-state index contributed by atoms with van der Waals surface area (Å²) in [6.07, 6.45) is -0.987. The number of carbonyl (C=O) groups is 1. The Kier molecular flexibility index (Phi) is 4.79. The van der Waals surface area contributed by atoms with Gasteiger partial charge < -0.3 is 10.2 Å². The van der Waals surface area contributed by atoms with Gasteiger partial charge in [0, 0.05) is 43.0 Å². The van der Waals surface area contributed by atoms with Crippen molar-refractivity contribution in [3.63, 3.8) is 0 Å². The fourth-order valence-corrected chi connectivity index (χ4v) is 4.10. The van der Waals surface area contributed by atoms with E-state index >= 15 is 0 Å². The van der Waals surface area contributed by atoms with Gasteiger partial charge in [-0.05, 0) is 42.3 Å². The van der Waals surface area contributed by atoms with Crippen molar-refractivity contribution >= 4 is 11.6 Å². The van der Waals surface area contributed by atoms with E-state index in [1.165, 1.54) is 6.33 Å². The molecule has 1 aromatic carbocycles. The van der Waals surface area contributed by atoms with Crippen LogP contribution in [0, 0.1) is 5.82 Å². The highest BCUT2D eigenvalue weighted by molar-refractivity contribution is 5.98. The average molecular weight is 443 g/mol. The first-order valence-electron chi connectivity index (χ1n) is 10.0. The topological polar surface area (TPSA) is 71.0 Å². The highest BCUT2D eigenvalue weighted by atomic mass is 19.4. The molecule has 10 heteroatoms. The zero-order valence-electron chi connectivity index (χ0n) is 16.7. The molecule has 0 saturated carbocycles. The normalized spacial score (nSPS) is 16.4. The second-order valence-corrected chi connectivity index (χ2v) is 7.82. The molecule has 0 atom stereocenters. The van der Waals surface area contributed by atoms with Crippen LogP contribution in [0.2, 0.25) is 0 Å². The maximum absolute atomic E-state index is 13.7. The Hall–Kier alpha value is -3.56. The number of nitrogens with one attached hydrogen (secondary N) is 1. The first-order chi connectivity index (χ1) is 15.3. The summed E-state index contributed by atoms with van der Waals surface area (Å²) in [6.45, 7) is 1.33. The van der Waals surface area contributed by atoms with E-state index in [1.807, 2.05) is 0 Å². The smallest absolute Gasteiger partial charge is 0.370 e. The van der Waals surface area contributed by atoms with Crippen LogP contribution < -0.4 is 10.2 Å². The SMILES string of the molecule is O=C1NCCc2c1ccnc2-c1cc(C2CN(c3cc(F)cc(C(F)(F)F)c3)C2)ncn1. The molecule has 2 aliphatic heterocycles. The minimum Gasteiger partial charge on any atom is -0.370 e. The number of fused-ring (bicyclic) bond motifs is 1. The standard InChI is InChI=1S/C22H17F4N5O/c23-14-5-13(22(24,25)26)6-15(7-14)31-9-12(10-31)18-8-19(30-11-29-18)20-16-1-4-28-21(32)17(16)2-3-27-20/h2-3,5-8,11-12H,1,4,9-10H2,(H,28,32). The predicted octanol–water partition coefficient (Wildman–Crippen LogP) is 3.59. The number of hydrogen-bond acceptors (Lipinski definition) is 5. The summed E-state index contributed by atoms with van der Waals surface area (Å²) < 4.78 is 52.7. The molecule has 32 heavy (non-hydrogen) atoms. The maximum Gasteiger partial charge on any atom is 0.416 e. The van der Waals surface area contributed by atoms with E-state index in [0.717, 1.165) is 23.4 Å². The average Bonchev–Trinajstić information content (AvgIpc) is 2.72. The molecule has 1 N–H and O–H groups in total. The summed E-state index contributed by atoms with van der Waals surface area (Å²) >= 11 is 0. The van der Waals surface area contributed by atoms with Gasteiger partial charge >= 0.3 is 6.18 Å². The number of nitrogens with zero attached hydrogens (tertiary/aromatic N) is 4. The van der Waals surface area contributed by atoms with Crippen LogP contribution in [0.3, 0.4) is 0 Å². The van der Waals surface area contributed by atoms with Crippen molar-refractivity contribution in [2.24, 2.45) is 0 Å². The Labute approximate surface area is 180 Å². The van der Waals surface area contributed by atoms with Crippen LogP contribution in [-0.2, 0) is 12.6 Å². The van der Waals surface area contributed by atoms with Gasteiger partial charge in [-0.15, -0.1) is 0 Å². The quantitative estimate of drug-likeness (QED) is 0.627. The number of halogens is 4. The largest absolute Gasteiger partial charge is 0.416 e. The third-order valence-electron chi connectivity index (χ3n) is 5.77. The van der Waals surface area contributed by atoms with Crippen LogP contribution in [-0.4, -0.2) is 40.5 Å². The van der Waals surface area contributed by atoms with Crippen LogP contribution in [0.25, 0.3) is 11.4 Å². The Morgan fingerprint density at radius 2 is 1.88 bits per heavy atom. The van der Waals surface area contributed by atoms with E-state index in [4.69, 9.17) is 0 Å². The highest BCUT2D eigenvalue weighted by Gasteiger charge is 2.35. The summed E-state index contributed by atoms with van der Waals surface area (Å²) in [7, 11) is 0. The van der Waals surface area contributed by atoms with Crippen LogP contribution in [0.5, 0.6) is 0 Å². The molecule has 4 heterocycles. The van der Waals surface area contributed by atoms with E-state index in [0.29, 0.717) is 49.1 Å². The monoisotopic (exact) mass is 443 g/mol. The zero-order valence-corrected chi connectivity index (χ0v) is 16.7. The van der Waals surface area contributed by atoms with Crippen LogP contribution in [0.15, 0.2) is 42.9 Å². The molecule has 6 nitrogen and oxygen atoms in total. The van der Waals surface area contributed by atoms with Crippen molar-refractivity contribution in [3.05, 3.63) is 71.1 Å². The van der Waals surface area contributed by atoms with E-state index in [1.54, 1.807) is 23.2 Å². The fourth-order valence-electron chi connectivity index (χ4n) is 4.10. The van der Waals surface area contributed by atoms with Gasteiger partial charge in [-0.3, -0.25) is 9.78 Å². The van der Waals surface area contributed by atoms with Crippen molar-refractivity contribution in [2.75, 3.05) is 24.5 Å². The molecule has 164 valence electrons. The van der Waals surface area contributed by atoms with Gasteiger partial charge in [-0.1, -0.05) is 0 Å². The highest BCUT2D eigenvalue weighted by Crippen LogP contribution is 2.37. The molecule has 1 fully saturated rings. The number of aromatic nitrogens is 3. The van der Waals surface area contributed by atoms with Crippen molar-refractivity contribution in [3.8, 4) is 11.4 Å². The van der Waals surface area contributed by atoms with Gasteiger partial charge in [0.05, 0.1) is 22.6 Å². The summed E-state index contributed by atoms with van der Waals surface area (Å²) in [5.41, 5.74) is 2.51. The Balaban J connectivity index is 1.38. The summed E-state index contributed by atoms with van der Waals surface area (Å²) in [5, 5.41) is 2.80. The van der Waals surface area contributed by atoms with Crippen LogP contribution in [0.4, 0.5) is 23.2 Å². The second kappa shape index (κ2) is 7.54. The van der Waals surface area contributed by atoms with Crippen molar-refractivity contribution < 1.29 is 22.4 Å². The van der Waals surface area contributed by atoms with Gasteiger partial charge in [0.15, 0.2) is 0 Å². The third-order valence-corrected chi connectivity index (χ3v) is 5.77. The fraction of sp³-hybridized carbons (Fsp3) is 0.273. The number of anilines is 1. The van der Waals surface area contributed by atoms with E-state index in [2.05, 4.69) is 20.3 Å². The minimum absolute atomic E-state index is 0.0443. The van der Waals surface area contributed by atoms with E-state index in [9.17, 15) is 22.4 Å². The predicted molar refractivity (Wildman–Crippen MR) is 108 cm³/mol. The van der Waals surface area contributed by atoms with Crippen molar-refractivity contribution in [1.29, 1.82) is 0 Å². The molecule has 0 unspecified atom stereocenters. The molecular formula is C22H17F4N5O. The van der Waals surface area contributed by atoms with Crippen LogP contribution >= 0.6 is 0 Å². The van der Waals surface area contributed by atoms with Gasteiger partial charge in [0.2, 0.25) is 0 Å². The lowest BCUT2D eigenvalue weighted by molar-refractivity contribution is -0.137. The Morgan fingerprint density at radius 1 is 1.06 bits per heavy atom. The molecule has 1 saturated heterocycles. The number of alkyl halides is 3. The van der Waals surface area contributed by atoms with Crippen molar-refractivity contribution in [2.45, 2.75) is 18.5 Å². The lowest BCUT2D eigenvalue weighted by Gasteiger charge is -2.41. The van der Waals surface area contributed by atoms with Gasteiger partial charge in [-0.2, -0.15) is 13.2 Å². The van der Waals surface area contributed by atoms with E-state index in [-0.39, 0.29) is 17.5 Å². The lowest BCUT2D eigenvalue weighted by atomic mass is 9.93. The van der Waals surface area contributed by atoms with Crippen LogP contribution in [0.1, 0.15) is 33.1 Å². The molecule has 3 aromatic rings. The number of rotatable bonds is 3. The van der Waals surface area contributed by atoms with Gasteiger partial charge in [-0.25, -0.2) is 14.4 Å². The molecule has 0 bridgehead atoms. The number of pyridine rings is 1. The Bertz CT molecular complexity index is 1210. The molecule has 0 spiro atoms.